The van der Waals surface area contributed by atoms with E-state index >= 15 is 0 Å². The molecule has 1 amide bonds. The summed E-state index contributed by atoms with van der Waals surface area (Å²) in [6.07, 6.45) is 5.88. The van der Waals surface area contributed by atoms with Crippen molar-refractivity contribution in [3.63, 3.8) is 0 Å². The van der Waals surface area contributed by atoms with E-state index in [1.807, 2.05) is 43.9 Å². The van der Waals surface area contributed by atoms with E-state index in [0.29, 0.717) is 31.9 Å². The fraction of sp³-hybridized carbons (Fsp3) is 0.677. The molecule has 1 aromatic rings. The Labute approximate surface area is 232 Å². The van der Waals surface area contributed by atoms with Crippen molar-refractivity contribution in [1.29, 1.82) is 0 Å². The van der Waals surface area contributed by atoms with Gasteiger partial charge in [-0.05, 0) is 91.8 Å². The summed E-state index contributed by atoms with van der Waals surface area (Å²) in [4.78, 5) is 25.5. The zero-order valence-electron chi connectivity index (χ0n) is 24.3. The predicted molar refractivity (Wildman–Crippen MR) is 148 cm³/mol. The van der Waals surface area contributed by atoms with Gasteiger partial charge in [-0.2, -0.15) is 0 Å². The lowest BCUT2D eigenvalue weighted by atomic mass is 9.68. The van der Waals surface area contributed by atoms with Crippen LogP contribution >= 0.6 is 0 Å². The van der Waals surface area contributed by atoms with Gasteiger partial charge in [-0.25, -0.2) is 4.79 Å². The summed E-state index contributed by atoms with van der Waals surface area (Å²) < 4.78 is 25.2. The van der Waals surface area contributed by atoms with Gasteiger partial charge in [0.1, 0.15) is 22.7 Å². The van der Waals surface area contributed by atoms with Crippen molar-refractivity contribution in [3.8, 4) is 11.5 Å². The topological polar surface area (TPSA) is 94.5 Å². The molecule has 2 fully saturated rings. The Morgan fingerprint density at radius 2 is 2.03 bits per heavy atom. The Balaban J connectivity index is 1.56. The first-order valence-corrected chi connectivity index (χ1v) is 14.3. The Kier molecular flexibility index (Phi) is 8.84. The maximum atomic E-state index is 12.8. The number of carbonyl (C=O) groups is 2. The van der Waals surface area contributed by atoms with Crippen LogP contribution in [0.1, 0.15) is 91.7 Å². The van der Waals surface area contributed by atoms with E-state index in [0.717, 1.165) is 37.0 Å². The molecule has 216 valence electrons. The number of ether oxygens (including phenoxy) is 4. The maximum Gasteiger partial charge on any atom is 0.410 e. The third-order valence-corrected chi connectivity index (χ3v) is 7.97. The lowest BCUT2D eigenvalue weighted by molar-refractivity contribution is -0.191. The average Bonchev–Trinajstić information content (AvgIpc) is 2.84. The minimum Gasteiger partial charge on any atom is -0.494 e. The van der Waals surface area contributed by atoms with Gasteiger partial charge >= 0.3 is 12.1 Å². The second-order valence-corrected chi connectivity index (χ2v) is 12.7. The highest BCUT2D eigenvalue weighted by atomic mass is 16.6. The summed E-state index contributed by atoms with van der Waals surface area (Å²) in [5.74, 6) is 1.00. The number of carbonyl (C=O) groups excluding carboxylic acids is 1. The van der Waals surface area contributed by atoms with Crippen molar-refractivity contribution in [2.75, 3.05) is 19.7 Å². The average molecular weight is 544 g/mol. The van der Waals surface area contributed by atoms with Crippen LogP contribution in [0.4, 0.5) is 4.79 Å². The molecule has 39 heavy (non-hydrogen) atoms. The molecule has 0 aliphatic carbocycles. The molecule has 8 nitrogen and oxygen atoms in total. The number of benzene rings is 1. The highest BCUT2D eigenvalue weighted by molar-refractivity contribution is 5.68. The van der Waals surface area contributed by atoms with Crippen LogP contribution in [0, 0.1) is 11.8 Å². The summed E-state index contributed by atoms with van der Waals surface area (Å²) in [7, 11) is 0. The molecule has 4 rings (SSSR count). The maximum absolute atomic E-state index is 12.8. The molecule has 3 aliphatic heterocycles. The van der Waals surface area contributed by atoms with E-state index in [1.54, 1.807) is 0 Å². The molecular formula is C31H45NO7. The molecule has 0 spiro atoms. The van der Waals surface area contributed by atoms with Gasteiger partial charge < -0.3 is 29.0 Å². The van der Waals surface area contributed by atoms with Crippen molar-refractivity contribution >= 4 is 12.1 Å². The van der Waals surface area contributed by atoms with Gasteiger partial charge in [0.15, 0.2) is 0 Å². The number of hydrogen-bond donors (Lipinski definition) is 1. The number of amides is 1. The van der Waals surface area contributed by atoms with Crippen LogP contribution in [0.15, 0.2) is 29.8 Å². The van der Waals surface area contributed by atoms with Gasteiger partial charge in [-0.15, -0.1) is 0 Å². The van der Waals surface area contributed by atoms with E-state index in [9.17, 15) is 9.59 Å². The molecule has 0 unspecified atom stereocenters. The largest absolute Gasteiger partial charge is 0.494 e. The fourth-order valence-corrected chi connectivity index (χ4v) is 6.06. The van der Waals surface area contributed by atoms with Crippen LogP contribution < -0.4 is 9.47 Å². The van der Waals surface area contributed by atoms with Crippen molar-refractivity contribution in [3.05, 3.63) is 35.4 Å². The number of piperidine rings is 1. The van der Waals surface area contributed by atoms with Crippen molar-refractivity contribution in [2.24, 2.45) is 11.8 Å². The minimum atomic E-state index is -0.824. The molecule has 1 N–H and O–H groups in total. The van der Waals surface area contributed by atoms with E-state index in [1.165, 1.54) is 5.57 Å². The standard InChI is InChI=1S/C31H45NO7/c1-20(2)9-7-14-31(6)24-17-21-19-32(29(35)39-30(3,4)5)15-13-25(21)37-28(24)23-18-22(11-12-26(23)38-31)36-16-8-10-27(33)34/h9,11-12,18,21,24-25,28H,7-8,10,13-17,19H2,1-6H3,(H,33,34)/t21-,24-,25-,28+,31+/m0/s1. The Morgan fingerprint density at radius 3 is 2.72 bits per heavy atom. The van der Waals surface area contributed by atoms with Crippen molar-refractivity contribution in [2.45, 2.75) is 103 Å². The van der Waals surface area contributed by atoms with Crippen molar-refractivity contribution in [1.82, 2.24) is 4.90 Å². The molecule has 0 aromatic heterocycles. The monoisotopic (exact) mass is 543 g/mol. The minimum absolute atomic E-state index is 0.0538. The molecule has 0 saturated carbocycles. The number of hydrogen-bond acceptors (Lipinski definition) is 6. The summed E-state index contributed by atoms with van der Waals surface area (Å²) >= 11 is 0. The normalized spacial score (nSPS) is 27.8. The number of rotatable bonds is 8. The number of allylic oxidation sites excluding steroid dienone is 2. The third-order valence-electron chi connectivity index (χ3n) is 7.97. The lowest BCUT2D eigenvalue weighted by Gasteiger charge is -2.54. The molecule has 3 heterocycles. The Bertz CT molecular complexity index is 1070. The summed E-state index contributed by atoms with van der Waals surface area (Å²) in [5, 5.41) is 8.91. The van der Waals surface area contributed by atoms with Crippen LogP contribution in [0.3, 0.4) is 0 Å². The zero-order valence-corrected chi connectivity index (χ0v) is 24.3. The number of likely N-dealkylation sites (tertiary alicyclic amines) is 1. The number of fused-ring (bicyclic) bond motifs is 4. The van der Waals surface area contributed by atoms with Gasteiger partial charge in [-0.1, -0.05) is 11.6 Å². The highest BCUT2D eigenvalue weighted by Gasteiger charge is 2.53. The molecule has 2 saturated heterocycles. The van der Waals surface area contributed by atoms with Gasteiger partial charge in [-0.3, -0.25) is 4.79 Å². The van der Waals surface area contributed by atoms with Crippen LogP contribution in [0.5, 0.6) is 11.5 Å². The predicted octanol–water partition coefficient (Wildman–Crippen LogP) is 6.53. The molecule has 5 atom stereocenters. The molecule has 0 bridgehead atoms. The first-order chi connectivity index (χ1) is 18.3. The molecule has 3 aliphatic rings. The third kappa shape index (κ3) is 7.27. The summed E-state index contributed by atoms with van der Waals surface area (Å²) in [6.45, 7) is 13.7. The van der Waals surface area contributed by atoms with Crippen LogP contribution in [0.2, 0.25) is 0 Å². The van der Waals surface area contributed by atoms with E-state index in [2.05, 4.69) is 26.8 Å². The van der Waals surface area contributed by atoms with Crippen LogP contribution in [-0.4, -0.2) is 59.1 Å². The SMILES string of the molecule is CC(C)=CCC[C@@]1(C)Oc2ccc(OCCCC(=O)O)cc2[C@H]2O[C@H]3CCN(C(=O)OC(C)(C)C)C[C@@H]3C[C@@H]21. The highest BCUT2D eigenvalue weighted by Crippen LogP contribution is 2.55. The van der Waals surface area contributed by atoms with Gasteiger partial charge in [0.2, 0.25) is 0 Å². The Hall–Kier alpha value is -2.74. The number of nitrogens with zero attached hydrogens (tertiary/aromatic N) is 1. The number of carboxylic acid groups (broad SMARTS) is 1. The fourth-order valence-electron chi connectivity index (χ4n) is 6.06. The summed E-state index contributed by atoms with van der Waals surface area (Å²) in [5.41, 5.74) is 1.33. The number of aliphatic carboxylic acids is 1. The van der Waals surface area contributed by atoms with Crippen molar-refractivity contribution < 1.29 is 33.6 Å². The molecule has 1 aromatic carbocycles. The van der Waals surface area contributed by atoms with Crippen LogP contribution in [-0.2, 0) is 14.3 Å². The molecular weight excluding hydrogens is 498 g/mol. The number of carboxylic acids is 1. The smallest absolute Gasteiger partial charge is 0.410 e. The zero-order chi connectivity index (χ0) is 28.4. The first kappa shape index (κ1) is 29.2. The van der Waals surface area contributed by atoms with Crippen LogP contribution in [0.25, 0.3) is 0 Å². The van der Waals surface area contributed by atoms with Gasteiger partial charge in [0.05, 0.1) is 18.8 Å². The summed E-state index contributed by atoms with van der Waals surface area (Å²) in [6, 6.07) is 5.85. The molecule has 0 radical (unpaired) electrons. The Morgan fingerprint density at radius 1 is 1.26 bits per heavy atom. The quantitative estimate of drug-likeness (QED) is 0.294. The van der Waals surface area contributed by atoms with Gasteiger partial charge in [0.25, 0.3) is 0 Å². The van der Waals surface area contributed by atoms with Gasteiger partial charge in [0, 0.05) is 36.9 Å². The van der Waals surface area contributed by atoms with E-state index in [4.69, 9.17) is 24.1 Å². The first-order valence-electron chi connectivity index (χ1n) is 14.3. The van der Waals surface area contributed by atoms with E-state index < -0.39 is 17.2 Å². The second kappa shape index (κ2) is 11.8. The lowest BCUT2D eigenvalue weighted by Crippen LogP contribution is -2.57. The second-order valence-electron chi connectivity index (χ2n) is 12.7. The molecule has 8 heteroatoms. The van der Waals surface area contributed by atoms with E-state index in [-0.39, 0.29) is 36.6 Å².